The normalized spacial score (nSPS) is 17.4. The van der Waals surface area contributed by atoms with Crippen LogP contribution in [0, 0.1) is 5.92 Å². The quantitative estimate of drug-likeness (QED) is 0.694. The summed E-state index contributed by atoms with van der Waals surface area (Å²) in [4.78, 5) is 13.3. The van der Waals surface area contributed by atoms with Crippen LogP contribution in [0.4, 0.5) is 0 Å². The molecule has 1 amide bonds. The molecule has 1 saturated heterocycles. The van der Waals surface area contributed by atoms with Gasteiger partial charge in [-0.2, -0.15) is 0 Å². The summed E-state index contributed by atoms with van der Waals surface area (Å²) in [7, 11) is 0. The van der Waals surface area contributed by atoms with Gasteiger partial charge in [0.05, 0.1) is 0 Å². The summed E-state index contributed by atoms with van der Waals surface area (Å²) in [5, 5.41) is 6.28. The number of amides is 1. The van der Waals surface area contributed by atoms with Gasteiger partial charge in [0.15, 0.2) is 0 Å². The molecule has 0 atom stereocenters. The van der Waals surface area contributed by atoms with Crippen LogP contribution in [0.1, 0.15) is 33.1 Å². The van der Waals surface area contributed by atoms with Gasteiger partial charge in [-0.05, 0) is 44.8 Å². The molecule has 0 unspecified atom stereocenters. The molecule has 1 aliphatic rings. The van der Waals surface area contributed by atoms with E-state index in [0.717, 1.165) is 38.6 Å². The van der Waals surface area contributed by atoms with Crippen LogP contribution in [0.2, 0.25) is 0 Å². The fourth-order valence-electron chi connectivity index (χ4n) is 2.43. The van der Waals surface area contributed by atoms with E-state index in [9.17, 15) is 4.79 Å². The molecule has 100 valence electrons. The second kappa shape index (κ2) is 8.48. The number of nitrogens with one attached hydrogen (secondary N) is 2. The first-order valence-corrected chi connectivity index (χ1v) is 6.90. The summed E-state index contributed by atoms with van der Waals surface area (Å²) in [6.45, 7) is 10.2. The van der Waals surface area contributed by atoms with Gasteiger partial charge in [-0.3, -0.25) is 4.79 Å². The molecule has 0 spiro atoms. The summed E-state index contributed by atoms with van der Waals surface area (Å²) >= 11 is 0. The van der Waals surface area contributed by atoms with Gasteiger partial charge in [0.25, 0.3) is 0 Å². The van der Waals surface area contributed by atoms with Gasteiger partial charge in [-0.25, -0.2) is 0 Å². The number of nitrogens with zero attached hydrogens (tertiary/aromatic N) is 1. The largest absolute Gasteiger partial charge is 0.355 e. The number of hydrogen-bond acceptors (Lipinski definition) is 3. The molecule has 0 radical (unpaired) electrons. The summed E-state index contributed by atoms with van der Waals surface area (Å²) in [5.41, 5.74) is 0. The molecule has 0 aromatic carbocycles. The van der Waals surface area contributed by atoms with Crippen LogP contribution in [0.25, 0.3) is 0 Å². The highest BCUT2D eigenvalue weighted by Crippen LogP contribution is 2.13. The lowest BCUT2D eigenvalue weighted by molar-refractivity contribution is -0.119. The van der Waals surface area contributed by atoms with E-state index in [0.29, 0.717) is 0 Å². The summed E-state index contributed by atoms with van der Waals surface area (Å²) < 4.78 is 0. The minimum Gasteiger partial charge on any atom is -0.355 e. The van der Waals surface area contributed by atoms with E-state index < -0.39 is 0 Å². The topological polar surface area (TPSA) is 44.4 Å². The van der Waals surface area contributed by atoms with Crippen LogP contribution < -0.4 is 10.6 Å². The van der Waals surface area contributed by atoms with Crippen molar-refractivity contribution >= 4 is 5.91 Å². The Balaban J connectivity index is 2.23. The fraction of sp³-hybridized carbons (Fsp3) is 0.923. The van der Waals surface area contributed by atoms with E-state index in [1.165, 1.54) is 25.8 Å². The third kappa shape index (κ3) is 6.64. The second-order valence-electron chi connectivity index (χ2n) is 4.98. The van der Waals surface area contributed by atoms with Gasteiger partial charge >= 0.3 is 0 Å². The van der Waals surface area contributed by atoms with Crippen molar-refractivity contribution in [1.82, 2.24) is 15.5 Å². The van der Waals surface area contributed by atoms with Gasteiger partial charge in [0.1, 0.15) is 0 Å². The molecule has 4 nitrogen and oxygen atoms in total. The Labute approximate surface area is 105 Å². The first kappa shape index (κ1) is 14.5. The lowest BCUT2D eigenvalue weighted by atomic mass is 9.97. The average molecular weight is 241 g/mol. The van der Waals surface area contributed by atoms with Gasteiger partial charge in [-0.1, -0.05) is 6.92 Å². The van der Waals surface area contributed by atoms with E-state index in [1.54, 1.807) is 6.92 Å². The maximum Gasteiger partial charge on any atom is 0.216 e. The highest BCUT2D eigenvalue weighted by atomic mass is 16.1. The van der Waals surface area contributed by atoms with Gasteiger partial charge < -0.3 is 15.5 Å². The molecule has 0 aliphatic carbocycles. The maximum absolute atomic E-state index is 10.8. The lowest BCUT2D eigenvalue weighted by Crippen LogP contribution is -2.40. The van der Waals surface area contributed by atoms with Crippen molar-refractivity contribution in [2.45, 2.75) is 33.1 Å². The van der Waals surface area contributed by atoms with E-state index in [1.807, 2.05) is 0 Å². The third-order valence-corrected chi connectivity index (χ3v) is 3.32. The van der Waals surface area contributed by atoms with Gasteiger partial charge in [0, 0.05) is 26.6 Å². The van der Waals surface area contributed by atoms with Crippen molar-refractivity contribution in [1.29, 1.82) is 0 Å². The molecule has 1 rings (SSSR count). The molecule has 17 heavy (non-hydrogen) atoms. The number of hydrogen-bond donors (Lipinski definition) is 2. The number of carbonyl (C=O) groups is 1. The van der Waals surface area contributed by atoms with Crippen LogP contribution >= 0.6 is 0 Å². The van der Waals surface area contributed by atoms with E-state index in [4.69, 9.17) is 0 Å². The Bertz CT molecular complexity index is 215. The molecular formula is C13H27N3O. The molecule has 1 heterocycles. The molecule has 0 aromatic heterocycles. The third-order valence-electron chi connectivity index (χ3n) is 3.32. The van der Waals surface area contributed by atoms with Crippen molar-refractivity contribution in [2.75, 3.05) is 39.3 Å². The Hall–Kier alpha value is -0.610. The van der Waals surface area contributed by atoms with E-state index in [-0.39, 0.29) is 5.91 Å². The molecule has 0 aromatic rings. The van der Waals surface area contributed by atoms with E-state index in [2.05, 4.69) is 22.5 Å². The fourth-order valence-corrected chi connectivity index (χ4v) is 2.43. The zero-order valence-electron chi connectivity index (χ0n) is 11.3. The van der Waals surface area contributed by atoms with Crippen molar-refractivity contribution in [3.8, 4) is 0 Å². The predicted molar refractivity (Wildman–Crippen MR) is 71.0 cm³/mol. The molecule has 1 aliphatic heterocycles. The maximum atomic E-state index is 10.8. The van der Waals surface area contributed by atoms with Crippen molar-refractivity contribution in [3.05, 3.63) is 0 Å². The Kier molecular flexibility index (Phi) is 7.21. The first-order valence-electron chi connectivity index (χ1n) is 6.90. The summed E-state index contributed by atoms with van der Waals surface area (Å²) in [6, 6.07) is 0. The molecule has 0 bridgehead atoms. The highest BCUT2D eigenvalue weighted by molar-refractivity contribution is 5.72. The van der Waals surface area contributed by atoms with Gasteiger partial charge in [0.2, 0.25) is 5.91 Å². The van der Waals surface area contributed by atoms with E-state index >= 15 is 0 Å². The van der Waals surface area contributed by atoms with Crippen LogP contribution in [0.3, 0.4) is 0 Å². The molecule has 1 fully saturated rings. The van der Waals surface area contributed by atoms with Crippen LogP contribution in [-0.2, 0) is 4.79 Å². The standard InChI is InChI=1S/C13H27N3O/c1-3-9-16(10-8-15-12(2)17)11-13-4-6-14-7-5-13/h13-14H,3-11H2,1-2H3,(H,15,17). The van der Waals surface area contributed by atoms with Crippen LogP contribution in [-0.4, -0.2) is 50.1 Å². The van der Waals surface area contributed by atoms with Gasteiger partial charge in [-0.15, -0.1) is 0 Å². The molecular weight excluding hydrogens is 214 g/mol. The van der Waals surface area contributed by atoms with Crippen molar-refractivity contribution in [3.63, 3.8) is 0 Å². The zero-order chi connectivity index (χ0) is 12.5. The Morgan fingerprint density at radius 2 is 2.06 bits per heavy atom. The lowest BCUT2D eigenvalue weighted by Gasteiger charge is -2.29. The number of carbonyl (C=O) groups excluding carboxylic acids is 1. The summed E-state index contributed by atoms with van der Waals surface area (Å²) in [6.07, 6.45) is 3.77. The molecule has 0 saturated carbocycles. The van der Waals surface area contributed by atoms with Crippen molar-refractivity contribution in [2.24, 2.45) is 5.92 Å². The SMILES string of the molecule is CCCN(CCNC(C)=O)CC1CCNCC1. The number of piperidine rings is 1. The second-order valence-corrected chi connectivity index (χ2v) is 4.98. The van der Waals surface area contributed by atoms with Crippen molar-refractivity contribution < 1.29 is 4.79 Å². The minimum absolute atomic E-state index is 0.0725. The summed E-state index contributed by atoms with van der Waals surface area (Å²) in [5.74, 6) is 0.906. The average Bonchev–Trinajstić information content (AvgIpc) is 2.30. The molecule has 2 N–H and O–H groups in total. The number of rotatable bonds is 7. The smallest absolute Gasteiger partial charge is 0.216 e. The zero-order valence-corrected chi connectivity index (χ0v) is 11.3. The predicted octanol–water partition coefficient (Wildman–Crippen LogP) is 0.834. The minimum atomic E-state index is 0.0725. The van der Waals surface area contributed by atoms with Crippen LogP contribution in [0.15, 0.2) is 0 Å². The Morgan fingerprint density at radius 1 is 1.35 bits per heavy atom. The highest BCUT2D eigenvalue weighted by Gasteiger charge is 2.16. The molecule has 4 heteroatoms. The first-order chi connectivity index (χ1) is 8.22. The Morgan fingerprint density at radius 3 is 2.65 bits per heavy atom. The van der Waals surface area contributed by atoms with Crippen LogP contribution in [0.5, 0.6) is 0 Å². The monoisotopic (exact) mass is 241 g/mol.